The molecule has 1 heterocycles. The molecule has 0 bridgehead atoms. The van der Waals surface area contributed by atoms with E-state index in [1.807, 2.05) is 6.92 Å². The number of aromatic amines is 1. The normalized spacial score (nSPS) is 12.2. The Morgan fingerprint density at radius 1 is 1.53 bits per heavy atom. The number of nitrogens with zero attached hydrogens (tertiary/aromatic N) is 2. The summed E-state index contributed by atoms with van der Waals surface area (Å²) >= 11 is 3.24. The van der Waals surface area contributed by atoms with Crippen LogP contribution in [-0.4, -0.2) is 41.1 Å². The van der Waals surface area contributed by atoms with E-state index in [1.165, 1.54) is 16.8 Å². The average molecular weight is 296 g/mol. The molecule has 15 heavy (non-hydrogen) atoms. The SMILES string of the molecule is CCCN(CCBr)S(=O)(=O)c1cnc[nH]1. The number of imidazole rings is 1. The lowest BCUT2D eigenvalue weighted by Crippen LogP contribution is -2.33. The molecule has 0 fully saturated rings. The van der Waals surface area contributed by atoms with Crippen LogP contribution in [0.15, 0.2) is 17.6 Å². The summed E-state index contributed by atoms with van der Waals surface area (Å²) in [5, 5.41) is 0.775. The second-order valence-electron chi connectivity index (χ2n) is 3.01. The number of alkyl halides is 1. The number of hydrogen-bond acceptors (Lipinski definition) is 3. The summed E-state index contributed by atoms with van der Waals surface area (Å²) in [5.74, 6) is 0. The van der Waals surface area contributed by atoms with Crippen LogP contribution in [0.5, 0.6) is 0 Å². The van der Waals surface area contributed by atoms with Crippen molar-refractivity contribution in [3.8, 4) is 0 Å². The third kappa shape index (κ3) is 3.02. The maximum atomic E-state index is 12.0. The summed E-state index contributed by atoms with van der Waals surface area (Å²) in [6.07, 6.45) is 3.48. The van der Waals surface area contributed by atoms with Gasteiger partial charge in [0.2, 0.25) is 0 Å². The molecule has 0 atom stereocenters. The van der Waals surface area contributed by atoms with Crippen molar-refractivity contribution in [1.29, 1.82) is 0 Å². The van der Waals surface area contributed by atoms with E-state index >= 15 is 0 Å². The summed E-state index contributed by atoms with van der Waals surface area (Å²) in [6, 6.07) is 0. The Morgan fingerprint density at radius 2 is 2.27 bits per heavy atom. The number of sulfonamides is 1. The third-order valence-electron chi connectivity index (χ3n) is 1.90. The van der Waals surface area contributed by atoms with Crippen LogP contribution in [0.3, 0.4) is 0 Å². The fourth-order valence-corrected chi connectivity index (χ4v) is 3.31. The fourth-order valence-electron chi connectivity index (χ4n) is 1.22. The van der Waals surface area contributed by atoms with Crippen LogP contribution in [0.1, 0.15) is 13.3 Å². The topological polar surface area (TPSA) is 66.1 Å². The molecule has 0 aliphatic rings. The highest BCUT2D eigenvalue weighted by Crippen LogP contribution is 2.12. The molecule has 0 saturated carbocycles. The van der Waals surface area contributed by atoms with Crippen molar-refractivity contribution in [2.75, 3.05) is 18.4 Å². The molecule has 0 aliphatic heterocycles. The van der Waals surface area contributed by atoms with Crippen molar-refractivity contribution < 1.29 is 8.42 Å². The smallest absolute Gasteiger partial charge is 0.260 e. The largest absolute Gasteiger partial charge is 0.335 e. The van der Waals surface area contributed by atoms with Gasteiger partial charge in [-0.3, -0.25) is 0 Å². The lowest BCUT2D eigenvalue weighted by Gasteiger charge is -2.19. The van der Waals surface area contributed by atoms with Gasteiger partial charge in [0.25, 0.3) is 10.0 Å². The van der Waals surface area contributed by atoms with Gasteiger partial charge in [-0.15, -0.1) is 0 Å². The molecule has 0 aliphatic carbocycles. The number of H-pyrrole nitrogens is 1. The Hall–Kier alpha value is -0.400. The Kier molecular flexibility index (Phi) is 4.75. The van der Waals surface area contributed by atoms with Crippen LogP contribution in [0.25, 0.3) is 0 Å². The number of aromatic nitrogens is 2. The first-order chi connectivity index (χ1) is 7.12. The van der Waals surface area contributed by atoms with Crippen molar-refractivity contribution in [3.05, 3.63) is 12.5 Å². The quantitative estimate of drug-likeness (QED) is 0.802. The molecule has 0 radical (unpaired) electrons. The summed E-state index contributed by atoms with van der Waals surface area (Å²) in [5.41, 5.74) is 0. The summed E-state index contributed by atoms with van der Waals surface area (Å²) in [7, 11) is -3.40. The molecule has 1 N–H and O–H groups in total. The van der Waals surface area contributed by atoms with Gasteiger partial charge in [0.1, 0.15) is 0 Å². The van der Waals surface area contributed by atoms with Crippen molar-refractivity contribution in [1.82, 2.24) is 14.3 Å². The molecule has 0 unspecified atom stereocenters. The van der Waals surface area contributed by atoms with Gasteiger partial charge in [0, 0.05) is 18.4 Å². The van der Waals surface area contributed by atoms with Gasteiger partial charge < -0.3 is 4.98 Å². The van der Waals surface area contributed by atoms with E-state index < -0.39 is 10.0 Å². The Morgan fingerprint density at radius 3 is 2.73 bits per heavy atom. The van der Waals surface area contributed by atoms with Crippen LogP contribution in [0, 0.1) is 0 Å². The molecule has 1 aromatic rings. The van der Waals surface area contributed by atoms with Crippen molar-refractivity contribution in [2.24, 2.45) is 0 Å². The maximum absolute atomic E-state index is 12.0. The van der Waals surface area contributed by atoms with Crippen LogP contribution in [0.2, 0.25) is 0 Å². The first kappa shape index (κ1) is 12.7. The van der Waals surface area contributed by atoms with E-state index in [1.54, 1.807) is 0 Å². The Balaban J connectivity index is 2.91. The lowest BCUT2D eigenvalue weighted by molar-refractivity contribution is 0.428. The highest BCUT2D eigenvalue weighted by Gasteiger charge is 2.24. The molecule has 1 aromatic heterocycles. The molecule has 5 nitrogen and oxygen atoms in total. The van der Waals surface area contributed by atoms with E-state index in [0.717, 1.165) is 6.42 Å². The highest BCUT2D eigenvalue weighted by molar-refractivity contribution is 9.09. The molecule has 86 valence electrons. The van der Waals surface area contributed by atoms with Gasteiger partial charge in [-0.1, -0.05) is 22.9 Å². The third-order valence-corrected chi connectivity index (χ3v) is 4.08. The zero-order valence-corrected chi connectivity index (χ0v) is 10.9. The predicted molar refractivity (Wildman–Crippen MR) is 61.4 cm³/mol. The first-order valence-corrected chi connectivity index (χ1v) is 7.23. The first-order valence-electron chi connectivity index (χ1n) is 4.67. The number of hydrogen-bond donors (Lipinski definition) is 1. The minimum Gasteiger partial charge on any atom is -0.335 e. The van der Waals surface area contributed by atoms with Gasteiger partial charge in [0.15, 0.2) is 5.03 Å². The maximum Gasteiger partial charge on any atom is 0.260 e. The van der Waals surface area contributed by atoms with Crippen LogP contribution in [0.4, 0.5) is 0 Å². The Bertz CT molecular complexity index is 371. The molecule has 1 rings (SSSR count). The second-order valence-corrected chi connectivity index (χ2v) is 5.71. The lowest BCUT2D eigenvalue weighted by atomic mass is 10.5. The van der Waals surface area contributed by atoms with Crippen molar-refractivity contribution in [3.63, 3.8) is 0 Å². The van der Waals surface area contributed by atoms with Gasteiger partial charge in [0.05, 0.1) is 12.5 Å². The minimum atomic E-state index is -3.40. The molecule has 0 saturated heterocycles. The molecular formula is C8H14BrN3O2S. The van der Waals surface area contributed by atoms with Crippen molar-refractivity contribution in [2.45, 2.75) is 18.4 Å². The standard InChI is InChI=1S/C8H14BrN3O2S/c1-2-4-12(5-3-9)15(13,14)8-6-10-7-11-8/h6-7H,2-5H2,1H3,(H,10,11). The van der Waals surface area contributed by atoms with Crippen molar-refractivity contribution >= 4 is 26.0 Å². The zero-order valence-electron chi connectivity index (χ0n) is 8.48. The van der Waals surface area contributed by atoms with E-state index in [-0.39, 0.29) is 5.03 Å². The monoisotopic (exact) mass is 295 g/mol. The van der Waals surface area contributed by atoms with E-state index in [9.17, 15) is 8.42 Å². The minimum absolute atomic E-state index is 0.150. The van der Waals surface area contributed by atoms with Gasteiger partial charge in [-0.2, -0.15) is 4.31 Å². The molecule has 7 heteroatoms. The summed E-state index contributed by atoms with van der Waals surface area (Å²) in [6.45, 7) is 2.94. The van der Waals surface area contributed by atoms with Crippen LogP contribution >= 0.6 is 15.9 Å². The number of rotatable bonds is 6. The molecule has 0 amide bonds. The van der Waals surface area contributed by atoms with Gasteiger partial charge in [-0.25, -0.2) is 13.4 Å². The molecule has 0 spiro atoms. The molecule has 0 aromatic carbocycles. The van der Waals surface area contributed by atoms with E-state index in [4.69, 9.17) is 0 Å². The number of halogens is 1. The van der Waals surface area contributed by atoms with Crippen LogP contribution < -0.4 is 0 Å². The fraction of sp³-hybridized carbons (Fsp3) is 0.625. The predicted octanol–water partition coefficient (Wildman–Crippen LogP) is 1.21. The summed E-state index contributed by atoms with van der Waals surface area (Å²) < 4.78 is 25.5. The average Bonchev–Trinajstić information content (AvgIpc) is 2.70. The van der Waals surface area contributed by atoms with E-state index in [0.29, 0.717) is 18.4 Å². The highest BCUT2D eigenvalue weighted by atomic mass is 79.9. The second kappa shape index (κ2) is 5.62. The van der Waals surface area contributed by atoms with Crippen LogP contribution in [-0.2, 0) is 10.0 Å². The zero-order chi connectivity index (χ0) is 11.3. The number of nitrogens with one attached hydrogen (secondary N) is 1. The van der Waals surface area contributed by atoms with Gasteiger partial charge in [-0.05, 0) is 6.42 Å². The summed E-state index contributed by atoms with van der Waals surface area (Å²) in [4.78, 5) is 6.34. The van der Waals surface area contributed by atoms with Gasteiger partial charge >= 0.3 is 0 Å². The Labute approximate surface area is 98.1 Å². The molecular weight excluding hydrogens is 282 g/mol. The van der Waals surface area contributed by atoms with E-state index in [2.05, 4.69) is 25.9 Å².